The summed E-state index contributed by atoms with van der Waals surface area (Å²) >= 11 is 0. The monoisotopic (exact) mass is 609 g/mol. The van der Waals surface area contributed by atoms with Crippen molar-refractivity contribution >= 4 is 35.8 Å². The second-order valence-electron chi connectivity index (χ2n) is 10.2. The van der Waals surface area contributed by atoms with Crippen molar-refractivity contribution in [2.24, 2.45) is 0 Å². The van der Waals surface area contributed by atoms with Gasteiger partial charge in [0, 0.05) is 6.42 Å². The minimum atomic E-state index is -5.04. The van der Waals surface area contributed by atoms with E-state index < -0.39 is 74.5 Å². The summed E-state index contributed by atoms with van der Waals surface area (Å²) in [5.74, 6) is 0.0954. The first kappa shape index (κ1) is 27.4. The first-order chi connectivity index (χ1) is 20.0. The van der Waals surface area contributed by atoms with Gasteiger partial charge < -0.3 is 45.5 Å². The Bertz CT molecular complexity index is 1780. The Labute approximate surface area is 232 Å². The predicted octanol–water partition coefficient (Wildman–Crippen LogP) is -2.87. The molecule has 4 aromatic heterocycles. The molecule has 10 atom stereocenters. The number of aliphatic hydroxyl groups excluding tert-OH is 4. The lowest BCUT2D eigenvalue weighted by molar-refractivity contribution is -0.0660. The zero-order valence-electron chi connectivity index (χ0n) is 21.2. The van der Waals surface area contributed by atoms with Crippen LogP contribution in [-0.2, 0) is 23.1 Å². The topological polar surface area (TPSA) is 299 Å². The number of hydrogen-bond donors (Lipinski definition) is 8. The van der Waals surface area contributed by atoms with Crippen molar-refractivity contribution in [2.75, 3.05) is 12.3 Å². The summed E-state index contributed by atoms with van der Waals surface area (Å²) in [6, 6.07) is 0. The molecule has 224 valence electrons. The number of imidazole rings is 1. The van der Waals surface area contributed by atoms with Crippen molar-refractivity contribution in [1.82, 2.24) is 39.7 Å². The van der Waals surface area contributed by atoms with Crippen molar-refractivity contribution in [3.05, 3.63) is 35.0 Å². The van der Waals surface area contributed by atoms with E-state index in [-0.39, 0.29) is 40.1 Å². The number of aliphatic hydroxyl groups is 4. The summed E-state index contributed by atoms with van der Waals surface area (Å²) in [6.07, 6.45) is -7.69. The minimum absolute atomic E-state index is 0.0523. The van der Waals surface area contributed by atoms with Gasteiger partial charge in [-0.25, -0.2) is 24.5 Å². The van der Waals surface area contributed by atoms with Gasteiger partial charge in [0.1, 0.15) is 65.7 Å². The van der Waals surface area contributed by atoms with E-state index in [4.69, 9.17) is 24.3 Å². The lowest BCUT2D eigenvalue weighted by atomic mass is 10.1. The van der Waals surface area contributed by atoms with Crippen LogP contribution in [0.4, 0.5) is 5.82 Å². The number of rotatable bonds is 7. The largest absolute Gasteiger partial charge is 0.473 e. The molecule has 1 aliphatic carbocycles. The molecule has 3 unspecified atom stereocenters. The molecule has 0 radical (unpaired) electrons. The van der Waals surface area contributed by atoms with Crippen molar-refractivity contribution in [2.45, 2.75) is 61.0 Å². The molecule has 21 heteroatoms. The van der Waals surface area contributed by atoms with Gasteiger partial charge in [-0.3, -0.25) is 23.5 Å². The summed E-state index contributed by atoms with van der Waals surface area (Å²) in [7, 11) is -5.04. The van der Waals surface area contributed by atoms with Gasteiger partial charge in [0.25, 0.3) is 5.56 Å². The normalized spacial score (nSPS) is 35.8. The summed E-state index contributed by atoms with van der Waals surface area (Å²) in [5, 5.41) is 48.5. The molecule has 0 amide bonds. The number of anilines is 1. The molecule has 2 saturated heterocycles. The Morgan fingerprint density at radius 1 is 1.14 bits per heavy atom. The van der Waals surface area contributed by atoms with Crippen molar-refractivity contribution in [3.63, 3.8) is 0 Å². The van der Waals surface area contributed by atoms with Crippen LogP contribution in [0.3, 0.4) is 0 Å². The maximum Gasteiger partial charge on any atom is 0.473 e. The highest BCUT2D eigenvalue weighted by molar-refractivity contribution is 7.47. The van der Waals surface area contributed by atoms with Crippen LogP contribution in [0.5, 0.6) is 0 Å². The molecule has 1 spiro atoms. The molecule has 6 heterocycles. The molecule has 0 aromatic carbocycles. The third-order valence-corrected chi connectivity index (χ3v) is 8.73. The third kappa shape index (κ3) is 4.07. The number of phosphoric ester groups is 1. The maximum atomic E-state index is 13.2. The number of aromatic amines is 2. The highest BCUT2D eigenvalue weighted by Crippen LogP contribution is 2.61. The van der Waals surface area contributed by atoms with Gasteiger partial charge in [-0.1, -0.05) is 0 Å². The summed E-state index contributed by atoms with van der Waals surface area (Å²) in [5.41, 5.74) is 4.17. The first-order valence-electron chi connectivity index (χ1n) is 12.6. The summed E-state index contributed by atoms with van der Waals surface area (Å²) in [6.45, 7) is -0.668. The van der Waals surface area contributed by atoms with Gasteiger partial charge in [-0.05, 0) is 0 Å². The average Bonchev–Trinajstić information content (AvgIpc) is 3.33. The molecule has 20 nitrogen and oxygen atoms in total. The Balaban J connectivity index is 1.11. The molecule has 3 fully saturated rings. The fraction of sp³-hybridized carbons (Fsp3) is 0.524. The number of ether oxygens (including phenoxy) is 2. The Morgan fingerprint density at radius 2 is 1.95 bits per heavy atom. The van der Waals surface area contributed by atoms with Gasteiger partial charge >= 0.3 is 7.82 Å². The first-order valence-corrected chi connectivity index (χ1v) is 14.1. The number of fused-ring (bicyclic) bond motifs is 2. The van der Waals surface area contributed by atoms with Gasteiger partial charge in [-0.15, -0.1) is 0 Å². The molecule has 2 aliphatic heterocycles. The number of aromatic nitrogens is 8. The van der Waals surface area contributed by atoms with Crippen molar-refractivity contribution < 1.29 is 48.4 Å². The zero-order valence-corrected chi connectivity index (χ0v) is 22.1. The van der Waals surface area contributed by atoms with Crippen LogP contribution < -0.4 is 11.3 Å². The second kappa shape index (κ2) is 9.54. The van der Waals surface area contributed by atoms with Crippen LogP contribution in [0.2, 0.25) is 0 Å². The van der Waals surface area contributed by atoms with E-state index in [1.54, 1.807) is 0 Å². The van der Waals surface area contributed by atoms with Crippen LogP contribution in [0.1, 0.15) is 24.4 Å². The fourth-order valence-electron chi connectivity index (χ4n) is 5.52. The number of nitrogens with zero attached hydrogens (tertiary/aromatic N) is 6. The standard InChI is InChI=1S/C21H24N9O11P/c22-17-11-18(25-4-24-17)30(5-27-11)20-13(33)16(34)21(39-20)1-7(21)40-42(36,37)41-15-12(32)6(2-31)38-14(15)9-8-10(29-28-9)19(35)26-3-23-8/h3-7,12-16,20,31-34H,1-2H2,(H,28,29)(H,36,37)(H2,22,24,25)(H,23,26,35)/t6-,7?,12-,13-,14+,15-,16+,20-,21?/m1/s1. The Kier molecular flexibility index (Phi) is 6.23. The molecular weight excluding hydrogens is 585 g/mol. The Morgan fingerprint density at radius 3 is 2.74 bits per heavy atom. The molecule has 0 bridgehead atoms. The lowest BCUT2D eigenvalue weighted by Gasteiger charge is -2.23. The number of hydrogen-bond acceptors (Lipinski definition) is 16. The van der Waals surface area contributed by atoms with Gasteiger partial charge in [0.05, 0.1) is 25.0 Å². The van der Waals surface area contributed by atoms with E-state index in [2.05, 4.69) is 35.1 Å². The molecular formula is C21H24N9O11P. The molecule has 9 N–H and O–H groups in total. The van der Waals surface area contributed by atoms with Gasteiger partial charge in [-0.2, -0.15) is 5.10 Å². The summed E-state index contributed by atoms with van der Waals surface area (Å²) in [4.78, 5) is 41.2. The van der Waals surface area contributed by atoms with Crippen LogP contribution in [0.15, 0.2) is 23.8 Å². The van der Waals surface area contributed by atoms with Crippen LogP contribution in [0, 0.1) is 0 Å². The Hall–Kier alpha value is -3.43. The smallest absolute Gasteiger partial charge is 0.394 e. The second-order valence-corrected chi connectivity index (χ2v) is 11.5. The van der Waals surface area contributed by atoms with E-state index in [9.17, 15) is 34.7 Å². The molecule has 7 rings (SSSR count). The number of nitrogens with one attached hydrogen (secondary N) is 2. The molecule has 3 aliphatic rings. The minimum Gasteiger partial charge on any atom is -0.394 e. The lowest BCUT2D eigenvalue weighted by Crippen LogP contribution is -2.36. The van der Waals surface area contributed by atoms with Crippen molar-refractivity contribution in [3.8, 4) is 0 Å². The van der Waals surface area contributed by atoms with E-state index in [0.29, 0.717) is 0 Å². The molecule has 42 heavy (non-hydrogen) atoms. The predicted molar refractivity (Wildman–Crippen MR) is 134 cm³/mol. The number of H-pyrrole nitrogens is 2. The van der Waals surface area contributed by atoms with Crippen LogP contribution in [0.25, 0.3) is 22.2 Å². The quantitative estimate of drug-likeness (QED) is 0.0976. The highest BCUT2D eigenvalue weighted by Gasteiger charge is 2.71. The van der Waals surface area contributed by atoms with E-state index in [0.717, 1.165) is 6.33 Å². The van der Waals surface area contributed by atoms with Gasteiger partial charge in [0.2, 0.25) is 0 Å². The number of nitrogen functional groups attached to an aromatic ring is 1. The van der Waals surface area contributed by atoms with E-state index in [1.807, 2.05) is 0 Å². The van der Waals surface area contributed by atoms with E-state index >= 15 is 0 Å². The zero-order chi connectivity index (χ0) is 29.6. The SMILES string of the molecule is Nc1ncnc2c1ncn2[C@@H]1OC2(CC2OP(=O)(O)O[C@@H]2[C@H](O)[C@@H](CO)O[C@H]2c2[nH]nc3c(=O)[nH]cnc23)[C@@H](O)[C@H]1O. The fourth-order valence-corrected chi connectivity index (χ4v) is 6.68. The summed E-state index contributed by atoms with van der Waals surface area (Å²) < 4.78 is 36.8. The van der Waals surface area contributed by atoms with Gasteiger partial charge in [0.15, 0.2) is 23.2 Å². The van der Waals surface area contributed by atoms with E-state index in [1.165, 1.54) is 17.2 Å². The van der Waals surface area contributed by atoms with Crippen LogP contribution in [-0.4, -0.2) is 114 Å². The van der Waals surface area contributed by atoms with Crippen molar-refractivity contribution in [1.29, 1.82) is 0 Å². The molecule has 1 saturated carbocycles. The average molecular weight is 609 g/mol. The van der Waals surface area contributed by atoms with Crippen LogP contribution >= 0.6 is 7.82 Å². The third-order valence-electron chi connectivity index (χ3n) is 7.70. The molecule has 4 aromatic rings. The number of phosphoric acid groups is 1. The highest BCUT2D eigenvalue weighted by atomic mass is 31.2. The number of nitrogens with two attached hydrogens (primary N) is 1. The maximum absolute atomic E-state index is 13.2.